The summed E-state index contributed by atoms with van der Waals surface area (Å²) in [4.78, 5) is 0. The number of sulfonamides is 1. The fourth-order valence-corrected chi connectivity index (χ4v) is 3.40. The number of nitrogens with one attached hydrogen (secondary N) is 1. The number of anilines is 1. The van der Waals surface area contributed by atoms with Crippen LogP contribution in [0.1, 0.15) is 24.0 Å². The molecule has 24 heavy (non-hydrogen) atoms. The number of nitrogens with zero attached hydrogens (tertiary/aromatic N) is 2. The Labute approximate surface area is 142 Å². The Bertz CT molecular complexity index is 804. The number of aromatic nitrogens is 2. The Morgan fingerprint density at radius 3 is 2.88 bits per heavy atom. The zero-order valence-corrected chi connectivity index (χ0v) is 14.4. The van der Waals surface area contributed by atoms with Crippen LogP contribution in [0.25, 0.3) is 6.08 Å². The number of hydrogen-bond donors (Lipinski definition) is 1. The van der Waals surface area contributed by atoms with Crippen molar-refractivity contribution in [2.75, 3.05) is 11.3 Å². The van der Waals surface area contributed by atoms with E-state index in [9.17, 15) is 8.42 Å². The van der Waals surface area contributed by atoms with E-state index in [0.717, 1.165) is 36.0 Å². The van der Waals surface area contributed by atoms with Gasteiger partial charge in [0.2, 0.25) is 0 Å². The molecule has 1 saturated heterocycles. The third-order valence-electron chi connectivity index (χ3n) is 3.83. The van der Waals surface area contributed by atoms with Gasteiger partial charge in [-0.05, 0) is 31.4 Å². The molecule has 1 aromatic heterocycles. The monoisotopic (exact) mass is 347 g/mol. The lowest BCUT2D eigenvalue weighted by Crippen LogP contribution is -2.15. The van der Waals surface area contributed by atoms with E-state index in [0.29, 0.717) is 12.2 Å². The molecule has 0 spiro atoms. The van der Waals surface area contributed by atoms with Gasteiger partial charge in [-0.3, -0.25) is 9.40 Å². The highest BCUT2D eigenvalue weighted by atomic mass is 32.2. The average Bonchev–Trinajstić information content (AvgIpc) is 3.19. The van der Waals surface area contributed by atoms with E-state index in [2.05, 4.69) is 9.82 Å². The minimum Gasteiger partial charge on any atom is -0.376 e. The number of benzene rings is 1. The first-order chi connectivity index (χ1) is 11.5. The molecule has 0 saturated carbocycles. The molecule has 0 bridgehead atoms. The fourth-order valence-electron chi connectivity index (χ4n) is 2.56. The summed E-state index contributed by atoms with van der Waals surface area (Å²) < 4.78 is 34.0. The van der Waals surface area contributed by atoms with Crippen molar-refractivity contribution >= 4 is 21.8 Å². The highest BCUT2D eigenvalue weighted by molar-refractivity contribution is 7.95. The van der Waals surface area contributed by atoms with Gasteiger partial charge >= 0.3 is 0 Å². The fraction of sp³-hybridized carbons (Fsp3) is 0.353. The van der Waals surface area contributed by atoms with E-state index in [1.165, 1.54) is 6.20 Å². The van der Waals surface area contributed by atoms with Crippen molar-refractivity contribution in [1.29, 1.82) is 0 Å². The van der Waals surface area contributed by atoms with E-state index < -0.39 is 10.0 Å². The van der Waals surface area contributed by atoms with Gasteiger partial charge in [-0.25, -0.2) is 8.42 Å². The number of hydrogen-bond acceptors (Lipinski definition) is 4. The van der Waals surface area contributed by atoms with Crippen LogP contribution in [0.15, 0.2) is 42.1 Å². The molecule has 0 radical (unpaired) electrons. The maximum absolute atomic E-state index is 12.1. The van der Waals surface area contributed by atoms with Crippen LogP contribution in [-0.2, 0) is 21.3 Å². The summed E-state index contributed by atoms with van der Waals surface area (Å²) in [5.41, 5.74) is 2.41. The lowest BCUT2D eigenvalue weighted by molar-refractivity contribution is 0.0940. The average molecular weight is 347 g/mol. The van der Waals surface area contributed by atoms with Crippen LogP contribution in [0.4, 0.5) is 5.69 Å². The van der Waals surface area contributed by atoms with E-state index in [1.54, 1.807) is 17.0 Å². The van der Waals surface area contributed by atoms with Crippen molar-refractivity contribution in [2.24, 2.45) is 0 Å². The van der Waals surface area contributed by atoms with Crippen molar-refractivity contribution in [1.82, 2.24) is 9.78 Å². The van der Waals surface area contributed by atoms with Crippen molar-refractivity contribution in [3.05, 3.63) is 53.2 Å². The Balaban J connectivity index is 1.61. The molecule has 7 heteroatoms. The van der Waals surface area contributed by atoms with Crippen molar-refractivity contribution in [3.63, 3.8) is 0 Å². The maximum atomic E-state index is 12.1. The van der Waals surface area contributed by atoms with Gasteiger partial charge in [0, 0.05) is 12.8 Å². The molecular weight excluding hydrogens is 326 g/mol. The predicted molar refractivity (Wildman–Crippen MR) is 94.0 cm³/mol. The third-order valence-corrected chi connectivity index (χ3v) is 4.84. The molecule has 128 valence electrons. The molecule has 3 rings (SSSR count). The lowest BCUT2D eigenvalue weighted by Gasteiger charge is -2.08. The summed E-state index contributed by atoms with van der Waals surface area (Å²) in [6.45, 7) is 3.41. The van der Waals surface area contributed by atoms with Gasteiger partial charge in [-0.1, -0.05) is 29.8 Å². The molecule has 1 aliphatic heterocycles. The SMILES string of the molecule is Cc1ccc(/C=C/S(=O)(=O)Nc2cnn(C[C@H]3CCCO3)c2)cc1. The van der Waals surface area contributed by atoms with Gasteiger partial charge in [0.1, 0.15) is 0 Å². The van der Waals surface area contributed by atoms with E-state index in [-0.39, 0.29) is 6.10 Å². The summed E-state index contributed by atoms with van der Waals surface area (Å²) in [7, 11) is -3.57. The molecule has 0 aliphatic carbocycles. The van der Waals surface area contributed by atoms with Crippen LogP contribution in [0, 0.1) is 6.92 Å². The molecule has 2 heterocycles. The van der Waals surface area contributed by atoms with Crippen molar-refractivity contribution < 1.29 is 13.2 Å². The van der Waals surface area contributed by atoms with Crippen LogP contribution < -0.4 is 4.72 Å². The first kappa shape index (κ1) is 16.7. The minimum atomic E-state index is -3.57. The first-order valence-electron chi connectivity index (χ1n) is 7.92. The second kappa shape index (κ2) is 7.19. The Hall–Kier alpha value is -2.12. The van der Waals surface area contributed by atoms with Crippen LogP contribution in [0.5, 0.6) is 0 Å². The van der Waals surface area contributed by atoms with Gasteiger partial charge in [-0.15, -0.1) is 0 Å². The summed E-state index contributed by atoms with van der Waals surface area (Å²) >= 11 is 0. The summed E-state index contributed by atoms with van der Waals surface area (Å²) in [5.74, 6) is 0. The Morgan fingerprint density at radius 2 is 2.17 bits per heavy atom. The maximum Gasteiger partial charge on any atom is 0.255 e. The minimum absolute atomic E-state index is 0.163. The molecule has 1 atom stereocenters. The van der Waals surface area contributed by atoms with Gasteiger partial charge in [0.15, 0.2) is 0 Å². The van der Waals surface area contributed by atoms with Crippen molar-refractivity contribution in [2.45, 2.75) is 32.4 Å². The van der Waals surface area contributed by atoms with Gasteiger partial charge in [-0.2, -0.15) is 5.10 Å². The zero-order chi connectivity index (χ0) is 17.0. The molecule has 1 N–H and O–H groups in total. The van der Waals surface area contributed by atoms with Gasteiger partial charge in [0.05, 0.1) is 29.9 Å². The molecule has 0 amide bonds. The topological polar surface area (TPSA) is 73.2 Å². The van der Waals surface area contributed by atoms with Crippen LogP contribution in [-0.4, -0.2) is 30.9 Å². The lowest BCUT2D eigenvalue weighted by atomic mass is 10.2. The molecule has 6 nitrogen and oxygen atoms in total. The zero-order valence-electron chi connectivity index (χ0n) is 13.6. The van der Waals surface area contributed by atoms with Gasteiger partial charge in [0.25, 0.3) is 10.0 Å². The molecular formula is C17H21N3O3S. The largest absolute Gasteiger partial charge is 0.376 e. The van der Waals surface area contributed by atoms with Crippen LogP contribution in [0.2, 0.25) is 0 Å². The highest BCUT2D eigenvalue weighted by Gasteiger charge is 2.16. The van der Waals surface area contributed by atoms with Gasteiger partial charge < -0.3 is 4.74 Å². The Kier molecular flexibility index (Phi) is 5.01. The number of aryl methyl sites for hydroxylation is 1. The van der Waals surface area contributed by atoms with E-state index in [1.807, 2.05) is 31.2 Å². The predicted octanol–water partition coefficient (Wildman–Crippen LogP) is 2.78. The first-order valence-corrected chi connectivity index (χ1v) is 9.46. The molecule has 1 fully saturated rings. The summed E-state index contributed by atoms with van der Waals surface area (Å²) in [5, 5.41) is 5.34. The molecule has 2 aromatic rings. The normalized spacial score (nSPS) is 18.3. The second-order valence-corrected chi connectivity index (χ2v) is 7.51. The molecule has 1 aliphatic rings. The van der Waals surface area contributed by atoms with Crippen LogP contribution >= 0.6 is 0 Å². The standard InChI is InChI=1S/C17H21N3O3S/c1-14-4-6-15(7-5-14)8-10-24(21,22)19-16-11-18-20(12-16)13-17-3-2-9-23-17/h4-8,10-12,17,19H,2-3,9,13H2,1H3/b10-8+/t17-/m1/s1. The number of ether oxygens (including phenoxy) is 1. The molecule has 1 aromatic carbocycles. The second-order valence-electron chi connectivity index (χ2n) is 5.95. The molecule has 0 unspecified atom stereocenters. The summed E-state index contributed by atoms with van der Waals surface area (Å²) in [6, 6.07) is 7.63. The smallest absolute Gasteiger partial charge is 0.255 e. The highest BCUT2D eigenvalue weighted by Crippen LogP contribution is 2.16. The third kappa shape index (κ3) is 4.69. The Morgan fingerprint density at radius 1 is 1.38 bits per heavy atom. The van der Waals surface area contributed by atoms with E-state index >= 15 is 0 Å². The quantitative estimate of drug-likeness (QED) is 0.872. The number of rotatable bonds is 6. The van der Waals surface area contributed by atoms with E-state index in [4.69, 9.17) is 4.74 Å². The van der Waals surface area contributed by atoms with Crippen molar-refractivity contribution in [3.8, 4) is 0 Å². The summed E-state index contributed by atoms with van der Waals surface area (Å²) in [6.07, 6.45) is 7.00. The van der Waals surface area contributed by atoms with Crippen LogP contribution in [0.3, 0.4) is 0 Å².